The maximum Gasteiger partial charge on any atom is 0.305 e. The SMILES string of the molecule is CCCCCCCCC(O)C=CC=CC1CCC1C(O)CCCC(=O)OC. The summed E-state index contributed by atoms with van der Waals surface area (Å²) in [6.07, 6.45) is 19.4. The summed E-state index contributed by atoms with van der Waals surface area (Å²) in [6.45, 7) is 2.22. The number of hydrogen-bond acceptors (Lipinski definition) is 4. The third-order valence-corrected chi connectivity index (χ3v) is 5.64. The molecule has 0 heterocycles. The molecule has 0 radical (unpaired) electrons. The smallest absolute Gasteiger partial charge is 0.305 e. The molecule has 4 unspecified atom stereocenters. The van der Waals surface area contributed by atoms with Gasteiger partial charge in [-0.1, -0.05) is 69.8 Å². The number of aliphatic hydroxyl groups excluding tert-OH is 2. The van der Waals surface area contributed by atoms with Gasteiger partial charge in [-0.15, -0.1) is 0 Å². The largest absolute Gasteiger partial charge is 0.469 e. The van der Waals surface area contributed by atoms with Crippen molar-refractivity contribution in [2.45, 2.75) is 96.2 Å². The van der Waals surface area contributed by atoms with Crippen molar-refractivity contribution in [2.24, 2.45) is 11.8 Å². The molecule has 0 spiro atoms. The minimum Gasteiger partial charge on any atom is -0.469 e. The van der Waals surface area contributed by atoms with Gasteiger partial charge in [0, 0.05) is 6.42 Å². The van der Waals surface area contributed by atoms with Gasteiger partial charge in [-0.3, -0.25) is 4.79 Å². The third-order valence-electron chi connectivity index (χ3n) is 5.64. The standard InChI is InChI=1S/C23H40O4/c1-3-4-5-6-7-8-13-20(24)14-10-9-12-19-17-18-21(19)22(25)15-11-16-23(26)27-2/h9-10,12,14,19-22,24-25H,3-8,11,13,15-18H2,1-2H3. The zero-order chi connectivity index (χ0) is 19.9. The Morgan fingerprint density at radius 3 is 2.44 bits per heavy atom. The van der Waals surface area contributed by atoms with Crippen LogP contribution in [0.15, 0.2) is 24.3 Å². The molecule has 1 rings (SSSR count). The number of carbonyl (C=O) groups is 1. The maximum atomic E-state index is 11.1. The molecule has 4 atom stereocenters. The Kier molecular flexibility index (Phi) is 13.2. The van der Waals surface area contributed by atoms with E-state index in [0.29, 0.717) is 31.1 Å². The average molecular weight is 381 g/mol. The van der Waals surface area contributed by atoms with Crippen molar-refractivity contribution >= 4 is 5.97 Å². The molecule has 2 N–H and O–H groups in total. The van der Waals surface area contributed by atoms with E-state index >= 15 is 0 Å². The van der Waals surface area contributed by atoms with E-state index in [1.165, 1.54) is 39.2 Å². The number of ether oxygens (including phenoxy) is 1. The van der Waals surface area contributed by atoms with E-state index in [0.717, 1.165) is 25.7 Å². The second kappa shape index (κ2) is 14.9. The zero-order valence-corrected chi connectivity index (χ0v) is 17.3. The molecule has 0 bridgehead atoms. The van der Waals surface area contributed by atoms with E-state index < -0.39 is 0 Å². The second-order valence-corrected chi connectivity index (χ2v) is 7.83. The van der Waals surface area contributed by atoms with Crippen molar-refractivity contribution in [3.63, 3.8) is 0 Å². The van der Waals surface area contributed by atoms with Crippen LogP contribution in [0.4, 0.5) is 0 Å². The third kappa shape index (κ3) is 10.7. The minimum atomic E-state index is -0.359. The second-order valence-electron chi connectivity index (χ2n) is 7.83. The van der Waals surface area contributed by atoms with Crippen LogP contribution in [0.3, 0.4) is 0 Å². The number of allylic oxidation sites excluding steroid dienone is 3. The topological polar surface area (TPSA) is 66.8 Å². The van der Waals surface area contributed by atoms with Crippen molar-refractivity contribution in [3.8, 4) is 0 Å². The number of unbranched alkanes of at least 4 members (excludes halogenated alkanes) is 5. The van der Waals surface area contributed by atoms with Gasteiger partial charge >= 0.3 is 5.97 Å². The lowest BCUT2D eigenvalue weighted by Crippen LogP contribution is -2.35. The molecule has 4 heteroatoms. The van der Waals surface area contributed by atoms with Crippen LogP contribution < -0.4 is 0 Å². The highest BCUT2D eigenvalue weighted by molar-refractivity contribution is 5.68. The molecule has 4 nitrogen and oxygen atoms in total. The van der Waals surface area contributed by atoms with Crippen LogP contribution in [0.5, 0.6) is 0 Å². The Morgan fingerprint density at radius 1 is 1.04 bits per heavy atom. The van der Waals surface area contributed by atoms with Crippen molar-refractivity contribution in [2.75, 3.05) is 7.11 Å². The number of hydrogen-bond donors (Lipinski definition) is 2. The van der Waals surface area contributed by atoms with Crippen LogP contribution >= 0.6 is 0 Å². The van der Waals surface area contributed by atoms with Crippen molar-refractivity contribution in [3.05, 3.63) is 24.3 Å². The first kappa shape index (κ1) is 23.9. The zero-order valence-electron chi connectivity index (χ0n) is 17.3. The first-order chi connectivity index (χ1) is 13.1. The molecular formula is C23H40O4. The van der Waals surface area contributed by atoms with Gasteiger partial charge in [0.15, 0.2) is 0 Å². The lowest BCUT2D eigenvalue weighted by Gasteiger charge is -2.38. The minimum absolute atomic E-state index is 0.211. The summed E-state index contributed by atoms with van der Waals surface area (Å²) in [5, 5.41) is 20.3. The number of rotatable bonds is 15. The van der Waals surface area contributed by atoms with Crippen LogP contribution in [0.25, 0.3) is 0 Å². The highest BCUT2D eigenvalue weighted by Crippen LogP contribution is 2.39. The summed E-state index contributed by atoms with van der Waals surface area (Å²) < 4.78 is 4.63. The molecule has 1 aliphatic carbocycles. The van der Waals surface area contributed by atoms with Gasteiger partial charge in [-0.2, -0.15) is 0 Å². The quantitative estimate of drug-likeness (QED) is 0.240. The summed E-state index contributed by atoms with van der Waals surface area (Å²) in [7, 11) is 1.39. The predicted molar refractivity (Wildman–Crippen MR) is 110 cm³/mol. The van der Waals surface area contributed by atoms with Crippen molar-refractivity contribution in [1.82, 2.24) is 0 Å². The Labute approximate surface area is 165 Å². The van der Waals surface area contributed by atoms with E-state index in [1.54, 1.807) is 0 Å². The molecule has 1 fully saturated rings. The predicted octanol–water partition coefficient (Wildman–Crippen LogP) is 4.94. The monoisotopic (exact) mass is 380 g/mol. The molecule has 27 heavy (non-hydrogen) atoms. The number of carbonyl (C=O) groups excluding carboxylic acids is 1. The fourth-order valence-electron chi connectivity index (χ4n) is 3.67. The summed E-state index contributed by atoms with van der Waals surface area (Å²) in [4.78, 5) is 11.1. The molecule has 0 aromatic carbocycles. The van der Waals surface area contributed by atoms with Gasteiger partial charge < -0.3 is 14.9 Å². The fraction of sp³-hybridized carbons (Fsp3) is 0.783. The molecule has 156 valence electrons. The Morgan fingerprint density at radius 2 is 1.78 bits per heavy atom. The Hall–Kier alpha value is -1.13. The average Bonchev–Trinajstić information content (AvgIpc) is 2.63. The normalized spacial score (nSPS) is 22.1. The first-order valence-electron chi connectivity index (χ1n) is 10.9. The van der Waals surface area contributed by atoms with Crippen molar-refractivity contribution < 1.29 is 19.7 Å². The van der Waals surface area contributed by atoms with Gasteiger partial charge in [0.2, 0.25) is 0 Å². The van der Waals surface area contributed by atoms with E-state index in [1.807, 2.05) is 18.2 Å². The van der Waals surface area contributed by atoms with Gasteiger partial charge in [0.1, 0.15) is 0 Å². The number of aliphatic hydroxyl groups is 2. The summed E-state index contributed by atoms with van der Waals surface area (Å²) in [5.41, 5.74) is 0. The fourth-order valence-corrected chi connectivity index (χ4v) is 3.67. The number of methoxy groups -OCH3 is 1. The highest BCUT2D eigenvalue weighted by Gasteiger charge is 2.33. The molecule has 1 aliphatic rings. The van der Waals surface area contributed by atoms with Crippen LogP contribution in [0, 0.1) is 11.8 Å². The Balaban J connectivity index is 2.16. The lowest BCUT2D eigenvalue weighted by atomic mass is 9.69. The molecular weight excluding hydrogens is 340 g/mol. The molecule has 1 saturated carbocycles. The molecule has 0 aromatic heterocycles. The summed E-state index contributed by atoms with van der Waals surface area (Å²) >= 11 is 0. The van der Waals surface area contributed by atoms with Crippen molar-refractivity contribution in [1.29, 1.82) is 0 Å². The van der Waals surface area contributed by atoms with E-state index in [-0.39, 0.29) is 18.2 Å². The van der Waals surface area contributed by atoms with Gasteiger partial charge in [0.05, 0.1) is 19.3 Å². The molecule has 0 aromatic rings. The van der Waals surface area contributed by atoms with E-state index in [4.69, 9.17) is 0 Å². The lowest BCUT2D eigenvalue weighted by molar-refractivity contribution is -0.140. The number of esters is 1. The van der Waals surface area contributed by atoms with Gasteiger partial charge in [0.25, 0.3) is 0 Å². The van der Waals surface area contributed by atoms with Crippen LogP contribution in [-0.4, -0.2) is 35.5 Å². The van der Waals surface area contributed by atoms with Crippen LogP contribution in [0.1, 0.15) is 84.0 Å². The first-order valence-corrected chi connectivity index (χ1v) is 10.9. The van der Waals surface area contributed by atoms with Crippen LogP contribution in [-0.2, 0) is 9.53 Å². The molecule has 0 aliphatic heterocycles. The summed E-state index contributed by atoms with van der Waals surface area (Å²) in [6, 6.07) is 0. The van der Waals surface area contributed by atoms with E-state index in [9.17, 15) is 15.0 Å². The molecule has 0 saturated heterocycles. The van der Waals surface area contributed by atoms with Crippen LogP contribution in [0.2, 0.25) is 0 Å². The summed E-state index contributed by atoms with van der Waals surface area (Å²) in [5.74, 6) is 0.482. The highest BCUT2D eigenvalue weighted by atomic mass is 16.5. The van der Waals surface area contributed by atoms with Gasteiger partial charge in [-0.05, 0) is 43.9 Å². The molecule has 0 amide bonds. The maximum absolute atomic E-state index is 11.1. The Bertz CT molecular complexity index is 444. The van der Waals surface area contributed by atoms with Gasteiger partial charge in [-0.25, -0.2) is 0 Å². The van der Waals surface area contributed by atoms with E-state index in [2.05, 4.69) is 17.7 Å².